The topological polar surface area (TPSA) is 136 Å². The van der Waals surface area contributed by atoms with Gasteiger partial charge in [-0.2, -0.15) is 0 Å². The van der Waals surface area contributed by atoms with E-state index in [1.54, 1.807) is 11.8 Å². The second-order valence-corrected chi connectivity index (χ2v) is 13.0. The number of carbonyl (C=O) groups is 3. The van der Waals surface area contributed by atoms with E-state index in [4.69, 9.17) is 5.11 Å². The van der Waals surface area contributed by atoms with Crippen LogP contribution < -0.4 is 5.32 Å². The number of allylic oxidation sites excluding steroid dienone is 1. The molecule has 3 aliphatic rings. The molecule has 0 bridgehead atoms. The maximum Gasteiger partial charge on any atom is 0.352 e. The lowest BCUT2D eigenvalue weighted by molar-refractivity contribution is -0.148. The number of nitrogens with one attached hydrogen (secondary N) is 1. The molecule has 5 rings (SSSR count). The smallest absolute Gasteiger partial charge is 0.352 e. The van der Waals surface area contributed by atoms with Crippen molar-refractivity contribution in [1.82, 2.24) is 25.3 Å². The Labute approximate surface area is 235 Å². The number of aromatic nitrogens is 2. The third kappa shape index (κ3) is 6.03. The van der Waals surface area contributed by atoms with Crippen molar-refractivity contribution in [3.63, 3.8) is 0 Å². The molecule has 0 unspecified atom stereocenters. The molecule has 1 aromatic heterocycles. The molecule has 2 atom stereocenters. The number of β-lactam (4-membered cyclic amide) rings is 1. The van der Waals surface area contributed by atoms with Gasteiger partial charge in [0.2, 0.25) is 0 Å². The summed E-state index contributed by atoms with van der Waals surface area (Å²) >= 11 is 5.23. The van der Waals surface area contributed by atoms with Crippen molar-refractivity contribution in [2.45, 2.75) is 26.6 Å². The summed E-state index contributed by atoms with van der Waals surface area (Å²) in [4.78, 5) is 39.5. The first-order valence-electron chi connectivity index (χ1n) is 11.5. The molecule has 0 radical (unpaired) electrons. The van der Waals surface area contributed by atoms with Crippen LogP contribution in [0.2, 0.25) is 0 Å². The molecule has 10 nitrogen and oxygen atoms in total. The molecule has 14 heteroatoms. The molecule has 198 valence electrons. The molecular formula is C24H23N5O5S4. The predicted octanol–water partition coefficient (Wildman–Crippen LogP) is 2.93. The predicted molar refractivity (Wildman–Crippen MR) is 148 cm³/mol. The minimum absolute atomic E-state index is 0.0384. The Bertz CT molecular complexity index is 1330. The molecule has 1 saturated heterocycles. The number of carbonyl (C=O) groups excluding carboxylic acids is 1. The molecule has 2 aromatic rings. The molecule has 0 aliphatic carbocycles. The summed E-state index contributed by atoms with van der Waals surface area (Å²) in [5.74, 6) is -1.58. The minimum atomic E-state index is -1.12. The molecule has 1 amide bonds. The van der Waals surface area contributed by atoms with Crippen molar-refractivity contribution >= 4 is 64.5 Å². The SMILES string of the molecule is O=C(O)CSc1nnc(SCC2=C(C(=O)O)N3C(=O)[C@@H](NC4=CCN(Cc5ccccc5)C=C4)[C@H]3SC2)s1. The summed E-state index contributed by atoms with van der Waals surface area (Å²) in [5, 5.41) is 29.8. The van der Waals surface area contributed by atoms with Crippen LogP contribution in [0.3, 0.4) is 0 Å². The molecule has 1 fully saturated rings. The molecule has 3 N–H and O–H groups in total. The zero-order chi connectivity index (χ0) is 26.6. The van der Waals surface area contributed by atoms with Crippen LogP contribution in [0, 0.1) is 0 Å². The van der Waals surface area contributed by atoms with Crippen molar-refractivity contribution in [3.8, 4) is 0 Å². The number of hydrogen-bond donors (Lipinski definition) is 3. The van der Waals surface area contributed by atoms with Gasteiger partial charge < -0.3 is 20.4 Å². The van der Waals surface area contributed by atoms with Gasteiger partial charge >= 0.3 is 11.9 Å². The molecule has 3 aliphatic heterocycles. The number of fused-ring (bicyclic) bond motifs is 1. The van der Waals surface area contributed by atoms with Crippen LogP contribution in [0.5, 0.6) is 0 Å². The lowest BCUT2D eigenvalue weighted by Gasteiger charge is -2.50. The van der Waals surface area contributed by atoms with Gasteiger partial charge in [-0.1, -0.05) is 65.2 Å². The Kier molecular flexibility index (Phi) is 8.31. The van der Waals surface area contributed by atoms with Crippen LogP contribution >= 0.6 is 46.6 Å². The van der Waals surface area contributed by atoms with E-state index in [1.165, 1.54) is 33.6 Å². The van der Waals surface area contributed by atoms with E-state index in [0.29, 0.717) is 32.3 Å². The average Bonchev–Trinajstić information content (AvgIpc) is 3.38. The van der Waals surface area contributed by atoms with Gasteiger partial charge in [0.05, 0.1) is 5.75 Å². The molecular weight excluding hydrogens is 567 g/mol. The van der Waals surface area contributed by atoms with Crippen LogP contribution in [-0.4, -0.2) is 83.3 Å². The first-order valence-corrected chi connectivity index (χ1v) is 15.4. The van der Waals surface area contributed by atoms with E-state index in [9.17, 15) is 19.5 Å². The summed E-state index contributed by atoms with van der Waals surface area (Å²) < 4.78 is 1.16. The summed E-state index contributed by atoms with van der Waals surface area (Å²) in [6.07, 6.45) is 5.98. The molecule has 4 heterocycles. The Morgan fingerprint density at radius 2 is 1.89 bits per heavy atom. The van der Waals surface area contributed by atoms with E-state index in [-0.39, 0.29) is 22.7 Å². The minimum Gasteiger partial charge on any atom is -0.481 e. The maximum absolute atomic E-state index is 13.1. The van der Waals surface area contributed by atoms with Crippen LogP contribution in [0.15, 0.2) is 74.3 Å². The lowest BCUT2D eigenvalue weighted by atomic mass is 10.0. The summed E-state index contributed by atoms with van der Waals surface area (Å²) in [6.45, 7) is 1.50. The fourth-order valence-electron chi connectivity index (χ4n) is 4.13. The van der Waals surface area contributed by atoms with Crippen LogP contribution in [0.4, 0.5) is 0 Å². The lowest BCUT2D eigenvalue weighted by Crippen LogP contribution is -2.69. The number of carboxylic acid groups (broad SMARTS) is 2. The van der Waals surface area contributed by atoms with Gasteiger partial charge in [0.25, 0.3) is 5.91 Å². The van der Waals surface area contributed by atoms with Crippen molar-refractivity contribution in [2.75, 3.05) is 23.8 Å². The standard InChI is InChI=1S/C24H23N5O5S4/c30-17(31)13-37-24-27-26-23(38-24)36-12-15-11-35-21-18(20(32)29(21)19(15)22(33)34)25-16-6-8-28(9-7-16)10-14-4-2-1-3-5-14/h1-8,18,21,25H,9-13H2,(H,30,31)(H,33,34)/t18-,21-/m1/s1. The van der Waals surface area contributed by atoms with Gasteiger partial charge in [0, 0.05) is 36.5 Å². The Balaban J connectivity index is 1.18. The van der Waals surface area contributed by atoms with Crippen molar-refractivity contribution < 1.29 is 24.6 Å². The highest BCUT2D eigenvalue weighted by Crippen LogP contribution is 2.42. The quantitative estimate of drug-likeness (QED) is 0.263. The Hall–Kier alpha value is -2.94. The summed E-state index contributed by atoms with van der Waals surface area (Å²) in [5.41, 5.74) is 2.76. The number of amides is 1. The maximum atomic E-state index is 13.1. The number of carboxylic acids is 2. The van der Waals surface area contributed by atoms with Crippen LogP contribution in [0.1, 0.15) is 5.56 Å². The number of nitrogens with zero attached hydrogens (tertiary/aromatic N) is 4. The summed E-state index contributed by atoms with van der Waals surface area (Å²) in [7, 11) is 0. The number of rotatable bonds is 11. The molecule has 38 heavy (non-hydrogen) atoms. The van der Waals surface area contributed by atoms with Gasteiger partial charge in [-0.25, -0.2) is 4.79 Å². The number of thioether (sulfide) groups is 3. The highest BCUT2D eigenvalue weighted by atomic mass is 32.2. The second kappa shape index (κ2) is 11.8. The fourth-order valence-corrected chi connectivity index (χ4v) is 8.36. The average molecular weight is 590 g/mol. The van der Waals surface area contributed by atoms with E-state index in [0.717, 1.165) is 24.0 Å². The van der Waals surface area contributed by atoms with Gasteiger partial charge in [0.15, 0.2) is 8.68 Å². The van der Waals surface area contributed by atoms with Gasteiger partial charge in [0.1, 0.15) is 17.1 Å². The van der Waals surface area contributed by atoms with E-state index >= 15 is 0 Å². The molecule has 1 aromatic carbocycles. The highest BCUT2D eigenvalue weighted by molar-refractivity contribution is 8.03. The zero-order valence-corrected chi connectivity index (χ0v) is 23.1. The number of benzene rings is 1. The van der Waals surface area contributed by atoms with Gasteiger partial charge in [-0.15, -0.1) is 22.0 Å². The number of aliphatic carboxylic acids is 2. The van der Waals surface area contributed by atoms with Gasteiger partial charge in [-0.3, -0.25) is 14.5 Å². The molecule has 0 spiro atoms. The third-order valence-corrected chi connectivity index (χ3v) is 10.5. The normalized spacial score (nSPS) is 20.6. The van der Waals surface area contributed by atoms with Crippen LogP contribution in [0.25, 0.3) is 0 Å². The fraction of sp³-hybridized carbons (Fsp3) is 0.292. The number of hydrogen-bond acceptors (Lipinski definition) is 11. The van der Waals surface area contributed by atoms with E-state index < -0.39 is 18.0 Å². The van der Waals surface area contributed by atoms with E-state index in [1.807, 2.05) is 36.6 Å². The molecule has 0 saturated carbocycles. The van der Waals surface area contributed by atoms with Gasteiger partial charge in [-0.05, 0) is 23.3 Å². The summed E-state index contributed by atoms with van der Waals surface area (Å²) in [6, 6.07) is 9.70. The zero-order valence-electron chi connectivity index (χ0n) is 19.9. The Morgan fingerprint density at radius 3 is 2.58 bits per heavy atom. The monoisotopic (exact) mass is 589 g/mol. The van der Waals surface area contributed by atoms with Crippen molar-refractivity contribution in [2.24, 2.45) is 0 Å². The Morgan fingerprint density at radius 1 is 1.13 bits per heavy atom. The second-order valence-electron chi connectivity index (χ2n) is 8.48. The van der Waals surface area contributed by atoms with Crippen LogP contribution in [-0.2, 0) is 20.9 Å². The highest BCUT2D eigenvalue weighted by Gasteiger charge is 2.53. The van der Waals surface area contributed by atoms with Crippen molar-refractivity contribution in [1.29, 1.82) is 0 Å². The first kappa shape index (κ1) is 26.7. The first-order chi connectivity index (χ1) is 18.4. The largest absolute Gasteiger partial charge is 0.481 e. The third-order valence-electron chi connectivity index (χ3n) is 5.89. The van der Waals surface area contributed by atoms with Crippen molar-refractivity contribution in [3.05, 3.63) is 71.2 Å². The van der Waals surface area contributed by atoms with E-state index in [2.05, 4.69) is 32.5 Å².